The van der Waals surface area contributed by atoms with E-state index in [1.165, 1.54) is 32.4 Å². The van der Waals surface area contributed by atoms with Crippen LogP contribution in [0.25, 0.3) is 6.08 Å². The van der Waals surface area contributed by atoms with Crippen LogP contribution in [-0.4, -0.2) is 22.6 Å². The third kappa shape index (κ3) is 3.35. The predicted octanol–water partition coefficient (Wildman–Crippen LogP) is 3.04. The summed E-state index contributed by atoms with van der Waals surface area (Å²) in [6, 6.07) is 14.6. The number of para-hydroxylation sites is 1. The average Bonchev–Trinajstić information content (AvgIpc) is 2.59. The van der Waals surface area contributed by atoms with Gasteiger partial charge in [0.1, 0.15) is 11.0 Å². The minimum atomic E-state index is -3.89. The van der Waals surface area contributed by atoms with Crippen LogP contribution in [-0.2, 0) is 9.84 Å². The summed E-state index contributed by atoms with van der Waals surface area (Å²) in [5.41, 5.74) is 0.447. The molecule has 0 bridgehead atoms. The molecule has 0 saturated carbocycles. The summed E-state index contributed by atoms with van der Waals surface area (Å²) >= 11 is 0. The van der Waals surface area contributed by atoms with Crippen LogP contribution in [0.3, 0.4) is 0 Å². The second-order valence-corrected chi connectivity index (χ2v) is 6.44. The Labute approximate surface area is 135 Å². The Hall–Kier alpha value is -2.78. The third-order valence-corrected chi connectivity index (χ3v) is 4.85. The van der Waals surface area contributed by atoms with Gasteiger partial charge in [0, 0.05) is 5.56 Å². The van der Waals surface area contributed by atoms with E-state index >= 15 is 0 Å². The molecule has 0 heterocycles. The van der Waals surface area contributed by atoms with Crippen molar-refractivity contribution in [2.75, 3.05) is 14.2 Å². The monoisotopic (exact) mass is 329 g/mol. The summed E-state index contributed by atoms with van der Waals surface area (Å²) in [6.07, 6.45) is 1.28. The highest BCUT2D eigenvalue weighted by Crippen LogP contribution is 2.33. The zero-order valence-electron chi connectivity index (χ0n) is 12.7. The lowest BCUT2D eigenvalue weighted by molar-refractivity contribution is 0.354. The van der Waals surface area contributed by atoms with E-state index in [-0.39, 0.29) is 9.80 Å². The van der Waals surface area contributed by atoms with E-state index in [0.29, 0.717) is 17.1 Å². The zero-order chi connectivity index (χ0) is 16.9. The van der Waals surface area contributed by atoms with Crippen LogP contribution >= 0.6 is 0 Å². The molecule has 23 heavy (non-hydrogen) atoms. The van der Waals surface area contributed by atoms with Gasteiger partial charge in [-0.05, 0) is 24.3 Å². The van der Waals surface area contributed by atoms with Crippen molar-refractivity contribution in [3.05, 3.63) is 59.0 Å². The van der Waals surface area contributed by atoms with Crippen LogP contribution in [0.15, 0.2) is 58.3 Å². The molecule has 0 spiro atoms. The van der Waals surface area contributed by atoms with Gasteiger partial charge in [0.05, 0.1) is 19.1 Å². The molecule has 0 atom stereocenters. The van der Waals surface area contributed by atoms with E-state index in [2.05, 4.69) is 0 Å². The van der Waals surface area contributed by atoms with Crippen molar-refractivity contribution < 1.29 is 17.9 Å². The van der Waals surface area contributed by atoms with Crippen molar-refractivity contribution in [3.63, 3.8) is 0 Å². The molecule has 2 rings (SSSR count). The molecule has 2 aromatic rings. The minimum Gasteiger partial charge on any atom is -0.493 e. The Morgan fingerprint density at radius 1 is 1.04 bits per heavy atom. The van der Waals surface area contributed by atoms with Crippen molar-refractivity contribution in [2.24, 2.45) is 0 Å². The molecular weight excluding hydrogens is 314 g/mol. The summed E-state index contributed by atoms with van der Waals surface area (Å²) in [6.45, 7) is 0. The molecule has 0 N–H and O–H groups in total. The molecule has 118 valence electrons. The van der Waals surface area contributed by atoms with Crippen molar-refractivity contribution in [1.29, 1.82) is 5.26 Å². The number of nitrogens with zero attached hydrogens (tertiary/aromatic N) is 1. The smallest absolute Gasteiger partial charge is 0.216 e. The van der Waals surface area contributed by atoms with Crippen LogP contribution in [0, 0.1) is 11.3 Å². The first kappa shape index (κ1) is 16.6. The van der Waals surface area contributed by atoms with Gasteiger partial charge in [0.2, 0.25) is 9.84 Å². The Morgan fingerprint density at radius 3 is 2.30 bits per heavy atom. The maximum atomic E-state index is 12.6. The van der Waals surface area contributed by atoms with Crippen molar-refractivity contribution in [2.45, 2.75) is 4.90 Å². The normalized spacial score (nSPS) is 11.6. The molecule has 0 amide bonds. The lowest BCUT2D eigenvalue weighted by Gasteiger charge is -2.10. The molecule has 0 aliphatic heterocycles. The van der Waals surface area contributed by atoms with E-state index < -0.39 is 9.84 Å². The lowest BCUT2D eigenvalue weighted by Crippen LogP contribution is -2.03. The number of benzene rings is 2. The molecule has 0 aliphatic carbocycles. The van der Waals surface area contributed by atoms with Gasteiger partial charge in [0.15, 0.2) is 11.5 Å². The quantitative estimate of drug-likeness (QED) is 0.788. The largest absolute Gasteiger partial charge is 0.493 e. The third-order valence-electron chi connectivity index (χ3n) is 3.17. The van der Waals surface area contributed by atoms with Gasteiger partial charge in [-0.2, -0.15) is 5.26 Å². The van der Waals surface area contributed by atoms with Gasteiger partial charge in [-0.15, -0.1) is 0 Å². The molecule has 0 unspecified atom stereocenters. The second kappa shape index (κ2) is 6.99. The summed E-state index contributed by atoms with van der Waals surface area (Å²) in [7, 11) is -0.956. The minimum absolute atomic E-state index is 0.0645. The van der Waals surface area contributed by atoms with Crippen LogP contribution in [0.5, 0.6) is 11.5 Å². The Morgan fingerprint density at radius 2 is 1.74 bits per heavy atom. The number of allylic oxidation sites excluding steroid dienone is 1. The topological polar surface area (TPSA) is 76.4 Å². The van der Waals surface area contributed by atoms with Gasteiger partial charge in [-0.1, -0.05) is 30.3 Å². The van der Waals surface area contributed by atoms with Crippen molar-refractivity contribution in [1.82, 2.24) is 0 Å². The zero-order valence-corrected chi connectivity index (χ0v) is 13.5. The number of rotatable bonds is 5. The fourth-order valence-corrected chi connectivity index (χ4v) is 3.24. The highest BCUT2D eigenvalue weighted by Gasteiger charge is 2.21. The standard InChI is InChI=1S/C17H15NO4S/c1-21-16-10-6-7-13(17(16)22-2)11-15(12-18)23(19,20)14-8-4-3-5-9-14/h3-11H,1-2H3/b15-11-. The number of nitriles is 1. The molecule has 0 saturated heterocycles. The number of hydrogen-bond donors (Lipinski definition) is 0. The molecular formula is C17H15NO4S. The fourth-order valence-electron chi connectivity index (χ4n) is 2.06. The maximum absolute atomic E-state index is 12.6. The first-order valence-electron chi connectivity index (χ1n) is 6.67. The van der Waals surface area contributed by atoms with Gasteiger partial charge >= 0.3 is 0 Å². The highest BCUT2D eigenvalue weighted by molar-refractivity contribution is 7.95. The molecule has 0 radical (unpaired) electrons. The first-order valence-corrected chi connectivity index (χ1v) is 8.16. The summed E-state index contributed by atoms with van der Waals surface area (Å²) in [4.78, 5) is -0.301. The number of methoxy groups -OCH3 is 2. The van der Waals surface area contributed by atoms with Crippen LogP contribution in [0.1, 0.15) is 5.56 Å². The number of hydrogen-bond acceptors (Lipinski definition) is 5. The highest BCUT2D eigenvalue weighted by atomic mass is 32.2. The van der Waals surface area contributed by atoms with Crippen LogP contribution in [0.2, 0.25) is 0 Å². The first-order chi connectivity index (χ1) is 11.0. The van der Waals surface area contributed by atoms with Crippen molar-refractivity contribution in [3.8, 4) is 17.6 Å². The summed E-state index contributed by atoms with van der Waals surface area (Å²) < 4.78 is 35.6. The van der Waals surface area contributed by atoms with Crippen molar-refractivity contribution >= 4 is 15.9 Å². The summed E-state index contributed by atoms with van der Waals surface area (Å²) in [5.74, 6) is 0.821. The van der Waals surface area contributed by atoms with E-state index in [1.54, 1.807) is 42.5 Å². The van der Waals surface area contributed by atoms with E-state index in [0.717, 1.165) is 0 Å². The lowest BCUT2D eigenvalue weighted by atomic mass is 10.1. The van der Waals surface area contributed by atoms with E-state index in [9.17, 15) is 13.7 Å². The van der Waals surface area contributed by atoms with Gasteiger partial charge in [0.25, 0.3) is 0 Å². The Balaban J connectivity index is 2.59. The molecule has 2 aromatic carbocycles. The van der Waals surface area contributed by atoms with E-state index in [1.807, 2.05) is 0 Å². The molecule has 0 aliphatic rings. The van der Waals surface area contributed by atoms with Gasteiger partial charge in [-0.3, -0.25) is 0 Å². The van der Waals surface area contributed by atoms with Gasteiger partial charge in [-0.25, -0.2) is 8.42 Å². The molecule has 5 nitrogen and oxygen atoms in total. The van der Waals surface area contributed by atoms with Crippen LogP contribution < -0.4 is 9.47 Å². The Kier molecular flexibility index (Phi) is 5.04. The maximum Gasteiger partial charge on any atom is 0.216 e. The SMILES string of the molecule is COc1cccc(/C=C(/C#N)S(=O)(=O)c2ccccc2)c1OC. The molecule has 0 fully saturated rings. The fraction of sp³-hybridized carbons (Fsp3) is 0.118. The average molecular weight is 329 g/mol. The Bertz CT molecular complexity index is 865. The molecule has 0 aromatic heterocycles. The van der Waals surface area contributed by atoms with E-state index in [4.69, 9.17) is 9.47 Å². The number of ether oxygens (including phenoxy) is 2. The number of sulfone groups is 1. The second-order valence-electron chi connectivity index (χ2n) is 4.52. The summed E-state index contributed by atoms with van der Waals surface area (Å²) in [5, 5.41) is 9.30. The van der Waals surface area contributed by atoms with Gasteiger partial charge < -0.3 is 9.47 Å². The van der Waals surface area contributed by atoms with Crippen LogP contribution in [0.4, 0.5) is 0 Å². The molecule has 6 heteroatoms. The predicted molar refractivity (Wildman–Crippen MR) is 86.8 cm³/mol.